The van der Waals surface area contributed by atoms with Crippen molar-refractivity contribution in [3.8, 4) is 0 Å². The molecule has 2 unspecified atom stereocenters. The molecule has 0 saturated carbocycles. The molecule has 1 aromatic heterocycles. The van der Waals surface area contributed by atoms with E-state index in [-0.39, 0.29) is 12.0 Å². The molecule has 0 aliphatic carbocycles. The van der Waals surface area contributed by atoms with Gasteiger partial charge in [-0.3, -0.25) is 0 Å². The molecule has 2 heterocycles. The van der Waals surface area contributed by atoms with E-state index in [0.29, 0.717) is 18.8 Å². The first-order valence-electron chi connectivity index (χ1n) is 5.01. The normalized spacial score (nSPS) is 21.2. The Morgan fingerprint density at radius 3 is 2.75 bits per heavy atom. The van der Waals surface area contributed by atoms with Crippen LogP contribution in [-0.2, 0) is 9.47 Å². The summed E-state index contributed by atoms with van der Waals surface area (Å²) in [6.07, 6.45) is -2.07. The summed E-state index contributed by atoms with van der Waals surface area (Å²) in [5, 5.41) is 21.0. The van der Waals surface area contributed by atoms with E-state index in [9.17, 15) is 10.2 Å². The number of thiol groups is 1. The van der Waals surface area contributed by atoms with E-state index in [1.165, 1.54) is 11.3 Å². The fourth-order valence-corrected chi connectivity index (χ4v) is 2.62. The van der Waals surface area contributed by atoms with Crippen LogP contribution < -0.4 is 0 Å². The summed E-state index contributed by atoms with van der Waals surface area (Å²) in [6.45, 7) is 1.19. The molecule has 2 rings (SSSR count). The number of hydrogen-bond donors (Lipinski definition) is 3. The molecule has 4 nitrogen and oxygen atoms in total. The predicted octanol–water partition coefficient (Wildman–Crippen LogP) is 1.12. The van der Waals surface area contributed by atoms with Crippen molar-refractivity contribution in [1.29, 1.82) is 0 Å². The molecule has 0 aromatic carbocycles. The number of thiophene rings is 1. The summed E-state index contributed by atoms with van der Waals surface area (Å²) in [7, 11) is 0. The van der Waals surface area contributed by atoms with Crippen LogP contribution in [0.15, 0.2) is 11.4 Å². The average molecular weight is 262 g/mol. The minimum atomic E-state index is -0.899. The van der Waals surface area contributed by atoms with Gasteiger partial charge in [0.15, 0.2) is 6.29 Å². The minimum absolute atomic E-state index is 0.225. The zero-order valence-electron chi connectivity index (χ0n) is 8.57. The maximum absolute atomic E-state index is 9.77. The monoisotopic (exact) mass is 262 g/mol. The van der Waals surface area contributed by atoms with Crippen molar-refractivity contribution in [2.24, 2.45) is 0 Å². The fourth-order valence-electron chi connectivity index (χ4n) is 1.49. The van der Waals surface area contributed by atoms with E-state index in [0.717, 1.165) is 4.88 Å². The number of ether oxygens (including phenoxy) is 2. The van der Waals surface area contributed by atoms with Gasteiger partial charge >= 0.3 is 0 Å². The van der Waals surface area contributed by atoms with Crippen LogP contribution in [0.5, 0.6) is 0 Å². The van der Waals surface area contributed by atoms with Gasteiger partial charge in [-0.2, -0.15) is 12.6 Å². The van der Waals surface area contributed by atoms with Gasteiger partial charge in [-0.1, -0.05) is 0 Å². The van der Waals surface area contributed by atoms with Gasteiger partial charge in [0.1, 0.15) is 6.10 Å². The van der Waals surface area contributed by atoms with Gasteiger partial charge in [0, 0.05) is 5.75 Å². The van der Waals surface area contributed by atoms with Crippen LogP contribution in [0.4, 0.5) is 0 Å². The molecular weight excluding hydrogens is 248 g/mol. The number of rotatable bonds is 4. The zero-order valence-corrected chi connectivity index (χ0v) is 10.3. The molecule has 0 bridgehead atoms. The molecular formula is C10H14O4S2. The van der Waals surface area contributed by atoms with E-state index < -0.39 is 12.2 Å². The van der Waals surface area contributed by atoms with Crippen molar-refractivity contribution in [3.05, 3.63) is 21.9 Å². The Balaban J connectivity index is 2.06. The second kappa shape index (κ2) is 5.48. The largest absolute Gasteiger partial charge is 0.389 e. The lowest BCUT2D eigenvalue weighted by molar-refractivity contribution is -0.0415. The topological polar surface area (TPSA) is 58.9 Å². The zero-order chi connectivity index (χ0) is 11.5. The molecule has 1 saturated heterocycles. The Morgan fingerprint density at radius 2 is 2.12 bits per heavy atom. The lowest BCUT2D eigenvalue weighted by Gasteiger charge is -2.14. The highest BCUT2D eigenvalue weighted by molar-refractivity contribution is 7.80. The van der Waals surface area contributed by atoms with Crippen LogP contribution in [0.2, 0.25) is 0 Å². The molecule has 0 amide bonds. The van der Waals surface area contributed by atoms with Gasteiger partial charge in [-0.05, 0) is 17.0 Å². The Hall–Kier alpha value is -0.110. The molecule has 90 valence electrons. The summed E-state index contributed by atoms with van der Waals surface area (Å²) < 4.78 is 10.7. The first-order valence-corrected chi connectivity index (χ1v) is 6.52. The molecule has 16 heavy (non-hydrogen) atoms. The van der Waals surface area contributed by atoms with Gasteiger partial charge in [-0.25, -0.2) is 0 Å². The van der Waals surface area contributed by atoms with E-state index >= 15 is 0 Å². The maximum atomic E-state index is 9.77. The first kappa shape index (κ1) is 12.3. The fraction of sp³-hybridized carbons (Fsp3) is 0.600. The Labute approximate surface area is 103 Å². The molecule has 6 heteroatoms. The van der Waals surface area contributed by atoms with Gasteiger partial charge in [0.05, 0.1) is 24.2 Å². The highest BCUT2D eigenvalue weighted by Crippen LogP contribution is 2.32. The van der Waals surface area contributed by atoms with Gasteiger partial charge < -0.3 is 19.7 Å². The molecule has 2 atom stereocenters. The summed E-state index contributed by atoms with van der Waals surface area (Å²) in [4.78, 5) is 0.915. The molecule has 1 aliphatic rings. The van der Waals surface area contributed by atoms with Crippen LogP contribution in [0, 0.1) is 0 Å². The van der Waals surface area contributed by atoms with Crippen molar-refractivity contribution < 1.29 is 19.7 Å². The second-order valence-electron chi connectivity index (χ2n) is 3.55. The van der Waals surface area contributed by atoms with Crippen molar-refractivity contribution in [2.45, 2.75) is 18.5 Å². The summed E-state index contributed by atoms with van der Waals surface area (Å²) in [5.41, 5.74) is 0.681. The van der Waals surface area contributed by atoms with E-state index in [1.807, 2.05) is 0 Å². The van der Waals surface area contributed by atoms with Crippen molar-refractivity contribution in [1.82, 2.24) is 0 Å². The number of aliphatic hydroxyl groups excluding tert-OH is 2. The SMILES string of the molecule is OC(CS)C(O)c1csc(C2OCCO2)c1. The van der Waals surface area contributed by atoms with Gasteiger partial charge in [-0.15, -0.1) is 11.3 Å². The van der Waals surface area contributed by atoms with Crippen LogP contribution in [0.1, 0.15) is 22.8 Å². The third kappa shape index (κ3) is 2.58. The lowest BCUT2D eigenvalue weighted by Crippen LogP contribution is -2.19. The van der Waals surface area contributed by atoms with Crippen LogP contribution in [0.25, 0.3) is 0 Å². The summed E-state index contributed by atoms with van der Waals surface area (Å²) >= 11 is 5.40. The quantitative estimate of drug-likeness (QED) is 0.712. The van der Waals surface area contributed by atoms with Crippen molar-refractivity contribution in [3.63, 3.8) is 0 Å². The molecule has 0 spiro atoms. The number of hydrogen-bond acceptors (Lipinski definition) is 6. The molecule has 1 aromatic rings. The Morgan fingerprint density at radius 1 is 1.44 bits per heavy atom. The van der Waals surface area contributed by atoms with Gasteiger partial charge in [0.2, 0.25) is 0 Å². The molecule has 2 N–H and O–H groups in total. The first-order chi connectivity index (χ1) is 7.72. The van der Waals surface area contributed by atoms with Crippen LogP contribution >= 0.6 is 24.0 Å². The summed E-state index contributed by atoms with van der Waals surface area (Å²) in [5.74, 6) is 0.225. The minimum Gasteiger partial charge on any atom is -0.389 e. The van der Waals surface area contributed by atoms with Gasteiger partial charge in [0.25, 0.3) is 0 Å². The van der Waals surface area contributed by atoms with E-state index in [4.69, 9.17) is 9.47 Å². The number of aliphatic hydroxyl groups is 2. The maximum Gasteiger partial charge on any atom is 0.193 e. The molecule has 1 fully saturated rings. The third-order valence-corrected chi connectivity index (χ3v) is 3.73. The second-order valence-corrected chi connectivity index (χ2v) is 4.86. The van der Waals surface area contributed by atoms with E-state index in [1.54, 1.807) is 11.4 Å². The Kier molecular flexibility index (Phi) is 4.23. The van der Waals surface area contributed by atoms with Crippen LogP contribution in [0.3, 0.4) is 0 Å². The van der Waals surface area contributed by atoms with E-state index in [2.05, 4.69) is 12.6 Å². The third-order valence-electron chi connectivity index (χ3n) is 2.39. The average Bonchev–Trinajstić information content (AvgIpc) is 2.96. The lowest BCUT2D eigenvalue weighted by atomic mass is 10.1. The van der Waals surface area contributed by atoms with Crippen LogP contribution in [-0.4, -0.2) is 35.3 Å². The molecule has 0 radical (unpaired) electrons. The standard InChI is InChI=1S/C10H14O4S2/c11-7(4-15)9(12)6-3-8(16-5-6)10-13-1-2-14-10/h3,5,7,9-12,15H,1-2,4H2. The summed E-state index contributed by atoms with van der Waals surface area (Å²) in [6, 6.07) is 1.80. The smallest absolute Gasteiger partial charge is 0.193 e. The predicted molar refractivity (Wildman–Crippen MR) is 63.8 cm³/mol. The highest BCUT2D eigenvalue weighted by atomic mass is 32.1. The van der Waals surface area contributed by atoms with Crippen molar-refractivity contribution in [2.75, 3.05) is 19.0 Å². The molecule has 1 aliphatic heterocycles. The highest BCUT2D eigenvalue weighted by Gasteiger charge is 2.23. The Bertz CT molecular complexity index is 335. The van der Waals surface area contributed by atoms with Crippen molar-refractivity contribution >= 4 is 24.0 Å².